The van der Waals surface area contributed by atoms with E-state index in [0.29, 0.717) is 6.54 Å². The molecule has 0 atom stereocenters. The number of nitrogens with one attached hydrogen (secondary N) is 1. The van der Waals surface area contributed by atoms with Gasteiger partial charge in [-0.1, -0.05) is 12.1 Å². The van der Waals surface area contributed by atoms with E-state index in [0.717, 1.165) is 43.1 Å². The molecule has 2 amide bonds. The molecule has 0 radical (unpaired) electrons. The lowest BCUT2D eigenvalue weighted by Crippen LogP contribution is -2.51. The van der Waals surface area contributed by atoms with E-state index in [9.17, 15) is 4.79 Å². The molecule has 2 aromatic rings. The number of aromatic nitrogens is 1. The first-order chi connectivity index (χ1) is 12.1. The summed E-state index contributed by atoms with van der Waals surface area (Å²) in [7, 11) is 4.03. The number of rotatable bonds is 4. The molecule has 1 fully saturated rings. The number of hydrogen-bond acceptors (Lipinski definition) is 4. The second-order valence-corrected chi connectivity index (χ2v) is 6.40. The Bertz CT molecular complexity index is 696. The number of carbonyl (C=O) groups excluding carboxylic acids is 1. The van der Waals surface area contributed by atoms with Gasteiger partial charge in [-0.3, -0.25) is 4.98 Å². The second kappa shape index (κ2) is 7.88. The van der Waals surface area contributed by atoms with Gasteiger partial charge in [-0.25, -0.2) is 4.79 Å². The summed E-state index contributed by atoms with van der Waals surface area (Å²) in [5.41, 5.74) is 3.41. The van der Waals surface area contributed by atoms with Crippen LogP contribution in [-0.2, 0) is 6.54 Å². The Balaban J connectivity index is 1.49. The summed E-state index contributed by atoms with van der Waals surface area (Å²) in [4.78, 5) is 22.7. The highest BCUT2D eigenvalue weighted by atomic mass is 16.2. The molecule has 1 aromatic heterocycles. The van der Waals surface area contributed by atoms with Crippen molar-refractivity contribution in [3.05, 3.63) is 54.4 Å². The molecule has 0 bridgehead atoms. The lowest BCUT2D eigenvalue weighted by Gasteiger charge is -2.36. The van der Waals surface area contributed by atoms with E-state index in [-0.39, 0.29) is 6.03 Å². The van der Waals surface area contributed by atoms with E-state index in [1.165, 1.54) is 0 Å². The van der Waals surface area contributed by atoms with Crippen molar-refractivity contribution in [1.29, 1.82) is 0 Å². The Morgan fingerprint density at radius 2 is 1.84 bits per heavy atom. The lowest BCUT2D eigenvalue weighted by molar-refractivity contribution is 0.194. The number of nitrogens with zero attached hydrogens (tertiary/aromatic N) is 4. The van der Waals surface area contributed by atoms with Gasteiger partial charge in [0.15, 0.2) is 0 Å². The largest absolute Gasteiger partial charge is 0.378 e. The monoisotopic (exact) mass is 339 g/mol. The van der Waals surface area contributed by atoms with Gasteiger partial charge in [0.25, 0.3) is 0 Å². The normalized spacial score (nSPS) is 14.3. The van der Waals surface area contributed by atoms with Crippen molar-refractivity contribution in [2.45, 2.75) is 6.54 Å². The van der Waals surface area contributed by atoms with E-state index in [1.807, 2.05) is 43.3 Å². The highest BCUT2D eigenvalue weighted by Gasteiger charge is 2.20. The Labute approximate surface area is 149 Å². The quantitative estimate of drug-likeness (QED) is 0.928. The fourth-order valence-corrected chi connectivity index (χ4v) is 2.96. The maximum absolute atomic E-state index is 12.4. The van der Waals surface area contributed by atoms with E-state index >= 15 is 0 Å². The predicted molar refractivity (Wildman–Crippen MR) is 101 cm³/mol. The van der Waals surface area contributed by atoms with Gasteiger partial charge in [-0.15, -0.1) is 0 Å². The first kappa shape index (κ1) is 17.1. The van der Waals surface area contributed by atoms with Gasteiger partial charge in [0, 0.05) is 70.6 Å². The van der Waals surface area contributed by atoms with Gasteiger partial charge in [0.2, 0.25) is 0 Å². The van der Waals surface area contributed by atoms with Gasteiger partial charge in [-0.05, 0) is 29.8 Å². The van der Waals surface area contributed by atoms with Crippen molar-refractivity contribution in [3.8, 4) is 0 Å². The fraction of sp³-hybridized carbons (Fsp3) is 0.368. The van der Waals surface area contributed by atoms with Crippen LogP contribution in [0.15, 0.2) is 48.8 Å². The average molecular weight is 339 g/mol. The highest BCUT2D eigenvalue weighted by molar-refractivity contribution is 5.74. The minimum atomic E-state index is 0.00429. The topological polar surface area (TPSA) is 51.7 Å². The zero-order valence-electron chi connectivity index (χ0n) is 14.9. The molecule has 1 aromatic carbocycles. The molecular weight excluding hydrogens is 314 g/mol. The third kappa shape index (κ3) is 4.41. The summed E-state index contributed by atoms with van der Waals surface area (Å²) >= 11 is 0. The molecule has 6 nitrogen and oxygen atoms in total. The number of anilines is 2. The number of amides is 2. The Morgan fingerprint density at radius 1 is 1.12 bits per heavy atom. The number of carbonyl (C=O) groups is 1. The standard InChI is InChI=1S/C19H25N5O/c1-22(2)18-5-3-4-16(14-18)15-21-19(25)24-12-10-23(11-13-24)17-6-8-20-9-7-17/h3-9,14H,10-13,15H2,1-2H3,(H,21,25). The number of pyridine rings is 1. The number of piperazine rings is 1. The van der Waals surface area contributed by atoms with Gasteiger partial charge in [-0.2, -0.15) is 0 Å². The summed E-state index contributed by atoms with van der Waals surface area (Å²) in [5.74, 6) is 0. The van der Waals surface area contributed by atoms with Crippen molar-refractivity contribution in [2.24, 2.45) is 0 Å². The fourth-order valence-electron chi connectivity index (χ4n) is 2.96. The molecule has 1 aliphatic heterocycles. The Morgan fingerprint density at radius 3 is 2.52 bits per heavy atom. The Kier molecular flexibility index (Phi) is 5.38. The van der Waals surface area contributed by atoms with E-state index in [1.54, 1.807) is 12.4 Å². The number of urea groups is 1. The van der Waals surface area contributed by atoms with Crippen LogP contribution in [0.3, 0.4) is 0 Å². The molecule has 0 aliphatic carbocycles. The molecule has 2 heterocycles. The van der Waals surface area contributed by atoms with Gasteiger partial charge in [0.1, 0.15) is 0 Å². The van der Waals surface area contributed by atoms with Crippen LogP contribution in [0.5, 0.6) is 0 Å². The predicted octanol–water partition coefficient (Wildman–Crippen LogP) is 2.18. The molecule has 1 aliphatic rings. The van der Waals surface area contributed by atoms with Crippen LogP contribution in [0, 0.1) is 0 Å². The molecule has 25 heavy (non-hydrogen) atoms. The lowest BCUT2D eigenvalue weighted by atomic mass is 10.2. The molecule has 3 rings (SSSR count). The van der Waals surface area contributed by atoms with Gasteiger partial charge < -0.3 is 20.0 Å². The average Bonchev–Trinajstić information content (AvgIpc) is 2.67. The summed E-state index contributed by atoms with van der Waals surface area (Å²) < 4.78 is 0. The van der Waals surface area contributed by atoms with Crippen LogP contribution >= 0.6 is 0 Å². The second-order valence-electron chi connectivity index (χ2n) is 6.40. The summed E-state index contributed by atoms with van der Waals surface area (Å²) in [6.07, 6.45) is 3.60. The van der Waals surface area contributed by atoms with Crippen molar-refractivity contribution >= 4 is 17.4 Å². The SMILES string of the molecule is CN(C)c1cccc(CNC(=O)N2CCN(c3ccncc3)CC2)c1. The minimum absolute atomic E-state index is 0.00429. The zero-order valence-corrected chi connectivity index (χ0v) is 14.9. The Hall–Kier alpha value is -2.76. The van der Waals surface area contributed by atoms with Crippen LogP contribution in [0.1, 0.15) is 5.56 Å². The van der Waals surface area contributed by atoms with E-state index < -0.39 is 0 Å². The third-order valence-electron chi connectivity index (χ3n) is 4.47. The third-order valence-corrected chi connectivity index (χ3v) is 4.47. The van der Waals surface area contributed by atoms with Crippen molar-refractivity contribution in [3.63, 3.8) is 0 Å². The molecule has 0 unspecified atom stereocenters. The maximum Gasteiger partial charge on any atom is 0.317 e. The molecular formula is C19H25N5O. The molecule has 132 valence electrons. The minimum Gasteiger partial charge on any atom is -0.378 e. The van der Waals surface area contributed by atoms with Crippen LogP contribution in [0.4, 0.5) is 16.2 Å². The van der Waals surface area contributed by atoms with Gasteiger partial charge in [0.05, 0.1) is 0 Å². The summed E-state index contributed by atoms with van der Waals surface area (Å²) in [5, 5.41) is 3.03. The van der Waals surface area contributed by atoms with Crippen LogP contribution in [0.2, 0.25) is 0 Å². The molecule has 6 heteroatoms. The summed E-state index contributed by atoms with van der Waals surface area (Å²) in [6.45, 7) is 3.68. The van der Waals surface area contributed by atoms with Crippen LogP contribution in [-0.4, -0.2) is 56.2 Å². The molecule has 1 N–H and O–H groups in total. The maximum atomic E-state index is 12.4. The zero-order chi connectivity index (χ0) is 17.6. The van der Waals surface area contributed by atoms with Gasteiger partial charge >= 0.3 is 6.03 Å². The van der Waals surface area contributed by atoms with Crippen molar-refractivity contribution in [1.82, 2.24) is 15.2 Å². The molecule has 0 saturated carbocycles. The van der Waals surface area contributed by atoms with Crippen molar-refractivity contribution < 1.29 is 4.79 Å². The van der Waals surface area contributed by atoms with E-state index in [4.69, 9.17) is 0 Å². The molecule has 0 spiro atoms. The highest BCUT2D eigenvalue weighted by Crippen LogP contribution is 2.15. The van der Waals surface area contributed by atoms with Crippen LogP contribution in [0.25, 0.3) is 0 Å². The first-order valence-electron chi connectivity index (χ1n) is 8.57. The van der Waals surface area contributed by atoms with Crippen LogP contribution < -0.4 is 15.1 Å². The first-order valence-corrected chi connectivity index (χ1v) is 8.57. The number of hydrogen-bond donors (Lipinski definition) is 1. The number of benzene rings is 1. The smallest absolute Gasteiger partial charge is 0.317 e. The van der Waals surface area contributed by atoms with Crippen molar-refractivity contribution in [2.75, 3.05) is 50.1 Å². The molecule has 1 saturated heterocycles. The van der Waals surface area contributed by atoms with E-state index in [2.05, 4.69) is 32.2 Å². The summed E-state index contributed by atoms with van der Waals surface area (Å²) in [6, 6.07) is 12.2.